The first-order valence-corrected chi connectivity index (χ1v) is 11.1. The lowest BCUT2D eigenvalue weighted by atomic mass is 9.78. The summed E-state index contributed by atoms with van der Waals surface area (Å²) >= 11 is 3.57. The van der Waals surface area contributed by atoms with Crippen molar-refractivity contribution in [2.75, 3.05) is 18.5 Å². The Labute approximate surface area is 188 Å². The van der Waals surface area contributed by atoms with Gasteiger partial charge in [-0.1, -0.05) is 34.1 Å². The molecule has 2 heterocycles. The number of benzene rings is 2. The molecule has 2 aliphatic heterocycles. The number of nitrogens with zero attached hydrogens (tertiary/aromatic N) is 1. The van der Waals surface area contributed by atoms with Crippen LogP contribution in [0.5, 0.6) is 11.5 Å². The quantitative estimate of drug-likeness (QED) is 0.472. The number of halogens is 1. The van der Waals surface area contributed by atoms with Gasteiger partial charge in [-0.25, -0.2) is 0 Å². The van der Waals surface area contributed by atoms with Gasteiger partial charge in [0.2, 0.25) is 0 Å². The molecule has 2 aromatic rings. The zero-order chi connectivity index (χ0) is 22.3. The second kappa shape index (κ2) is 8.12. The minimum atomic E-state index is -1.45. The van der Waals surface area contributed by atoms with Crippen molar-refractivity contribution in [3.05, 3.63) is 62.1 Å². The molecule has 164 valence electrons. The zero-order valence-electron chi connectivity index (χ0n) is 17.5. The molecule has 0 radical (unpaired) electrons. The highest BCUT2D eigenvalue weighted by atomic mass is 79.9. The van der Waals surface area contributed by atoms with Gasteiger partial charge in [-0.15, -0.1) is 0 Å². The van der Waals surface area contributed by atoms with E-state index >= 15 is 0 Å². The van der Waals surface area contributed by atoms with Gasteiger partial charge in [0.1, 0.15) is 0 Å². The maximum Gasteiger partial charge on any atom is 0.256 e. The predicted octanol–water partition coefficient (Wildman–Crippen LogP) is 3.81. The van der Waals surface area contributed by atoms with Gasteiger partial charge in [0.05, 0.1) is 19.1 Å². The summed E-state index contributed by atoms with van der Waals surface area (Å²) in [7, 11) is 0. The minimum Gasteiger partial charge on any atom is -0.490 e. The van der Waals surface area contributed by atoms with E-state index in [0.717, 1.165) is 0 Å². The lowest BCUT2D eigenvalue weighted by Gasteiger charge is -2.26. The summed E-state index contributed by atoms with van der Waals surface area (Å²) in [6, 6.07) is 9.12. The first-order valence-electron chi connectivity index (χ1n) is 10.3. The van der Waals surface area contributed by atoms with E-state index in [1.54, 1.807) is 36.4 Å². The molecule has 9 heteroatoms. The van der Waals surface area contributed by atoms with Crippen LogP contribution in [-0.4, -0.2) is 36.1 Å². The van der Waals surface area contributed by atoms with Gasteiger partial charge < -0.3 is 14.8 Å². The number of amides is 1. The number of fused-ring (bicyclic) bond motifs is 2. The Morgan fingerprint density at radius 3 is 2.45 bits per heavy atom. The van der Waals surface area contributed by atoms with E-state index in [1.807, 2.05) is 20.8 Å². The summed E-state index contributed by atoms with van der Waals surface area (Å²) < 4.78 is 12.1. The van der Waals surface area contributed by atoms with Crippen LogP contribution in [0, 0.1) is 10.1 Å². The Kier molecular flexibility index (Phi) is 5.65. The molecule has 0 aromatic heterocycles. The SMILES string of the molecule is CCOc1cc(Br)c([C@@H]2[C@H](C)N[C@]3(C(=O)Nc4ccccc43)[C@H]2[N+](=O)[O-])cc1OCC. The molecule has 1 amide bonds. The summed E-state index contributed by atoms with van der Waals surface area (Å²) in [5.41, 5.74) is 0.444. The van der Waals surface area contributed by atoms with Crippen molar-refractivity contribution in [1.82, 2.24) is 5.32 Å². The minimum absolute atomic E-state index is 0.341. The van der Waals surface area contributed by atoms with Crippen molar-refractivity contribution in [3.63, 3.8) is 0 Å². The maximum absolute atomic E-state index is 13.2. The topological polar surface area (TPSA) is 103 Å². The van der Waals surface area contributed by atoms with Gasteiger partial charge >= 0.3 is 0 Å². The van der Waals surface area contributed by atoms with E-state index in [4.69, 9.17) is 9.47 Å². The van der Waals surface area contributed by atoms with Crippen LogP contribution in [0.25, 0.3) is 0 Å². The van der Waals surface area contributed by atoms with Gasteiger partial charge in [-0.2, -0.15) is 0 Å². The summed E-state index contributed by atoms with van der Waals surface area (Å²) in [5, 5.41) is 18.6. The highest BCUT2D eigenvalue weighted by Gasteiger charge is 2.67. The molecule has 31 heavy (non-hydrogen) atoms. The fourth-order valence-electron chi connectivity index (χ4n) is 4.86. The second-order valence-electron chi connectivity index (χ2n) is 7.68. The van der Waals surface area contributed by atoms with Crippen LogP contribution in [0.15, 0.2) is 40.9 Å². The van der Waals surface area contributed by atoms with Crippen molar-refractivity contribution >= 4 is 27.5 Å². The molecule has 1 spiro atoms. The zero-order valence-corrected chi connectivity index (χ0v) is 19.1. The molecule has 2 N–H and O–H groups in total. The average molecular weight is 490 g/mol. The third kappa shape index (κ3) is 3.27. The number of carbonyl (C=O) groups excluding carboxylic acids is 1. The van der Waals surface area contributed by atoms with Crippen molar-refractivity contribution < 1.29 is 19.2 Å². The van der Waals surface area contributed by atoms with Crippen molar-refractivity contribution in [1.29, 1.82) is 0 Å². The van der Waals surface area contributed by atoms with Gasteiger partial charge in [0.15, 0.2) is 17.0 Å². The number of rotatable bonds is 6. The molecule has 4 atom stereocenters. The van der Waals surface area contributed by atoms with E-state index in [-0.39, 0.29) is 11.0 Å². The van der Waals surface area contributed by atoms with E-state index in [1.165, 1.54) is 0 Å². The second-order valence-corrected chi connectivity index (χ2v) is 8.54. The lowest BCUT2D eigenvalue weighted by molar-refractivity contribution is -0.532. The molecule has 4 rings (SSSR count). The van der Waals surface area contributed by atoms with E-state index in [2.05, 4.69) is 26.6 Å². The standard InChI is InChI=1S/C22H24BrN3O5/c1-4-30-17-10-13(15(23)11-18(17)31-5-2)19-12(3)25-22(20(19)26(28)29)14-8-6-7-9-16(14)24-21(22)27/h6-12,19-20,25H,4-5H2,1-3H3,(H,24,27)/t12-,19-,20-,22-/m0/s1. The molecular formula is C22H24BrN3O5. The van der Waals surface area contributed by atoms with E-state index in [9.17, 15) is 14.9 Å². The maximum atomic E-state index is 13.2. The van der Waals surface area contributed by atoms with Crippen LogP contribution in [-0.2, 0) is 10.3 Å². The molecule has 2 aromatic carbocycles. The van der Waals surface area contributed by atoms with E-state index in [0.29, 0.717) is 46.0 Å². The molecule has 0 saturated carbocycles. The number of nitrogens with one attached hydrogen (secondary N) is 2. The summed E-state index contributed by atoms with van der Waals surface area (Å²) in [5.74, 6) is 0.0944. The van der Waals surface area contributed by atoms with Crippen LogP contribution < -0.4 is 20.1 Å². The molecule has 0 aliphatic carbocycles. The van der Waals surface area contributed by atoms with Crippen LogP contribution in [0.4, 0.5) is 5.69 Å². The molecule has 1 saturated heterocycles. The number of hydrogen-bond donors (Lipinski definition) is 2. The van der Waals surface area contributed by atoms with Crippen LogP contribution in [0.3, 0.4) is 0 Å². The number of anilines is 1. The fraction of sp³-hybridized carbons (Fsp3) is 0.409. The van der Waals surface area contributed by atoms with Crippen LogP contribution >= 0.6 is 15.9 Å². The molecule has 0 bridgehead atoms. The number of nitro groups is 1. The number of para-hydroxylation sites is 1. The van der Waals surface area contributed by atoms with Crippen molar-refractivity contribution in [2.45, 2.75) is 44.3 Å². The Bertz CT molecular complexity index is 1050. The van der Waals surface area contributed by atoms with Gasteiger partial charge in [0, 0.05) is 26.7 Å². The highest BCUT2D eigenvalue weighted by Crippen LogP contribution is 2.51. The third-order valence-electron chi connectivity index (χ3n) is 5.99. The van der Waals surface area contributed by atoms with Gasteiger partial charge in [-0.3, -0.25) is 20.2 Å². The molecular weight excluding hydrogens is 466 g/mol. The highest BCUT2D eigenvalue weighted by molar-refractivity contribution is 9.10. The third-order valence-corrected chi connectivity index (χ3v) is 6.67. The Balaban J connectivity index is 1.88. The molecule has 8 nitrogen and oxygen atoms in total. The number of ether oxygens (including phenoxy) is 2. The molecule has 0 unspecified atom stereocenters. The summed E-state index contributed by atoms with van der Waals surface area (Å²) in [6.07, 6.45) is 0. The fourth-order valence-corrected chi connectivity index (χ4v) is 5.45. The normalized spacial score (nSPS) is 26.6. The van der Waals surface area contributed by atoms with Gasteiger partial charge in [-0.05, 0) is 44.5 Å². The monoisotopic (exact) mass is 489 g/mol. The Morgan fingerprint density at radius 1 is 1.16 bits per heavy atom. The first-order chi connectivity index (χ1) is 14.8. The average Bonchev–Trinajstić information content (AvgIpc) is 3.18. The van der Waals surface area contributed by atoms with Gasteiger partial charge in [0.25, 0.3) is 11.9 Å². The largest absolute Gasteiger partial charge is 0.490 e. The molecule has 1 fully saturated rings. The van der Waals surface area contributed by atoms with Crippen LogP contribution in [0.2, 0.25) is 0 Å². The summed E-state index contributed by atoms with van der Waals surface area (Å²) in [6.45, 7) is 6.51. The first kappa shape index (κ1) is 21.6. The van der Waals surface area contributed by atoms with Crippen molar-refractivity contribution in [2.24, 2.45) is 0 Å². The van der Waals surface area contributed by atoms with Crippen LogP contribution in [0.1, 0.15) is 37.8 Å². The van der Waals surface area contributed by atoms with E-state index < -0.39 is 23.4 Å². The smallest absolute Gasteiger partial charge is 0.256 e. The Morgan fingerprint density at radius 2 is 1.81 bits per heavy atom. The summed E-state index contributed by atoms with van der Waals surface area (Å²) in [4.78, 5) is 25.3. The van der Waals surface area contributed by atoms with Crippen molar-refractivity contribution in [3.8, 4) is 11.5 Å². The molecule has 2 aliphatic rings. The Hall–Kier alpha value is -2.65. The lowest BCUT2D eigenvalue weighted by Crippen LogP contribution is -2.54. The predicted molar refractivity (Wildman–Crippen MR) is 119 cm³/mol. The number of hydrogen-bond acceptors (Lipinski definition) is 6. The number of carbonyl (C=O) groups is 1.